The van der Waals surface area contributed by atoms with Crippen LogP contribution in [0.2, 0.25) is 10.3 Å². The van der Waals surface area contributed by atoms with E-state index in [1.807, 2.05) is 23.6 Å². The monoisotopic (exact) mass is 337 g/mol. The van der Waals surface area contributed by atoms with Crippen molar-refractivity contribution < 1.29 is 0 Å². The summed E-state index contributed by atoms with van der Waals surface area (Å²) in [6.45, 7) is 0. The Hall–Kier alpha value is -1.10. The summed E-state index contributed by atoms with van der Waals surface area (Å²) in [5, 5.41) is 7.77. The molecule has 21 heavy (non-hydrogen) atoms. The van der Waals surface area contributed by atoms with Crippen molar-refractivity contribution in [2.24, 2.45) is 0 Å². The fourth-order valence-electron chi connectivity index (χ4n) is 3.05. The van der Waals surface area contributed by atoms with Crippen molar-refractivity contribution in [1.82, 2.24) is 14.6 Å². The molecule has 0 spiro atoms. The van der Waals surface area contributed by atoms with Crippen LogP contribution in [0.15, 0.2) is 23.6 Å². The third kappa shape index (κ3) is 2.26. The van der Waals surface area contributed by atoms with Gasteiger partial charge >= 0.3 is 0 Å². The lowest BCUT2D eigenvalue weighted by molar-refractivity contribution is 0.708. The predicted molar refractivity (Wildman–Crippen MR) is 87.5 cm³/mol. The molecule has 0 atom stereocenters. The van der Waals surface area contributed by atoms with Gasteiger partial charge in [0.25, 0.3) is 0 Å². The van der Waals surface area contributed by atoms with Crippen LogP contribution in [0.4, 0.5) is 0 Å². The summed E-state index contributed by atoms with van der Waals surface area (Å²) >= 11 is 14.6. The van der Waals surface area contributed by atoms with Crippen LogP contribution in [0.5, 0.6) is 0 Å². The molecule has 6 heteroatoms. The van der Waals surface area contributed by atoms with Gasteiger partial charge < -0.3 is 0 Å². The highest BCUT2D eigenvalue weighted by atomic mass is 35.5. The van der Waals surface area contributed by atoms with Gasteiger partial charge in [0.15, 0.2) is 5.65 Å². The molecule has 0 N–H and O–H groups in total. The standard InChI is InChI=1S/C15H13Cl2N3S/c16-14-13(9-4-1-2-5-9)15(17)20-12(18-14)8-10(19-20)11-6-3-7-21-11/h3,6-9H,1-2,4-5H2. The Bertz CT molecular complexity index is 789. The lowest BCUT2D eigenvalue weighted by Crippen LogP contribution is -2.03. The van der Waals surface area contributed by atoms with Crippen molar-refractivity contribution in [3.63, 3.8) is 0 Å². The second-order valence-corrected chi connectivity index (χ2v) is 7.03. The summed E-state index contributed by atoms with van der Waals surface area (Å²) in [5.41, 5.74) is 2.55. The van der Waals surface area contributed by atoms with E-state index >= 15 is 0 Å². The first-order valence-corrected chi connectivity index (χ1v) is 8.66. The summed E-state index contributed by atoms with van der Waals surface area (Å²) in [7, 11) is 0. The van der Waals surface area contributed by atoms with E-state index in [1.165, 1.54) is 12.8 Å². The van der Waals surface area contributed by atoms with Crippen LogP contribution in [0, 0.1) is 0 Å². The Morgan fingerprint density at radius 3 is 2.76 bits per heavy atom. The molecule has 0 amide bonds. The van der Waals surface area contributed by atoms with Crippen LogP contribution >= 0.6 is 34.5 Å². The van der Waals surface area contributed by atoms with Crippen molar-refractivity contribution in [2.45, 2.75) is 31.6 Å². The second-order valence-electron chi connectivity index (χ2n) is 5.37. The highest BCUT2D eigenvalue weighted by Gasteiger charge is 2.25. The number of aromatic nitrogens is 3. The maximum Gasteiger partial charge on any atom is 0.159 e. The van der Waals surface area contributed by atoms with E-state index in [-0.39, 0.29) is 0 Å². The van der Waals surface area contributed by atoms with Gasteiger partial charge in [0.05, 0.1) is 4.88 Å². The molecule has 0 unspecified atom stereocenters. The fourth-order valence-corrected chi connectivity index (χ4v) is 4.48. The fraction of sp³-hybridized carbons (Fsp3) is 0.333. The largest absolute Gasteiger partial charge is 0.216 e. The summed E-state index contributed by atoms with van der Waals surface area (Å²) in [6, 6.07) is 5.98. The van der Waals surface area contributed by atoms with Gasteiger partial charge in [0.1, 0.15) is 16.0 Å². The molecule has 4 rings (SSSR count). The molecular weight excluding hydrogens is 325 g/mol. The van der Waals surface area contributed by atoms with Crippen molar-refractivity contribution in [3.8, 4) is 10.6 Å². The van der Waals surface area contributed by atoms with Gasteiger partial charge in [-0.2, -0.15) is 5.10 Å². The number of thiophene rings is 1. The van der Waals surface area contributed by atoms with Crippen LogP contribution in [0.25, 0.3) is 16.2 Å². The molecule has 1 fully saturated rings. The quantitative estimate of drug-likeness (QED) is 0.584. The van der Waals surface area contributed by atoms with Crippen LogP contribution in [0.3, 0.4) is 0 Å². The minimum absolute atomic E-state index is 0.413. The first kappa shape index (κ1) is 13.6. The van der Waals surface area contributed by atoms with Crippen LogP contribution in [-0.2, 0) is 0 Å². The maximum absolute atomic E-state index is 6.58. The Balaban J connectivity index is 1.89. The van der Waals surface area contributed by atoms with Crippen molar-refractivity contribution >= 4 is 40.2 Å². The van der Waals surface area contributed by atoms with E-state index in [9.17, 15) is 0 Å². The maximum atomic E-state index is 6.58. The van der Waals surface area contributed by atoms with Crippen molar-refractivity contribution in [3.05, 3.63) is 39.4 Å². The molecule has 0 aromatic carbocycles. The normalized spacial score (nSPS) is 16.1. The molecule has 3 nitrogen and oxygen atoms in total. The molecule has 3 heterocycles. The summed E-state index contributed by atoms with van der Waals surface area (Å²) in [4.78, 5) is 5.60. The number of fused-ring (bicyclic) bond motifs is 1. The topological polar surface area (TPSA) is 30.2 Å². The zero-order valence-corrected chi connectivity index (χ0v) is 13.5. The average molecular weight is 338 g/mol. The van der Waals surface area contributed by atoms with Crippen molar-refractivity contribution in [1.29, 1.82) is 0 Å². The van der Waals surface area contributed by atoms with Gasteiger partial charge in [-0.05, 0) is 30.2 Å². The summed E-state index contributed by atoms with van der Waals surface area (Å²) in [6.07, 6.45) is 4.72. The molecule has 0 bridgehead atoms. The van der Waals surface area contributed by atoms with Gasteiger partial charge in [-0.25, -0.2) is 9.50 Å². The summed E-state index contributed by atoms with van der Waals surface area (Å²) in [5.74, 6) is 0.413. The molecule has 1 aliphatic carbocycles. The minimum atomic E-state index is 0.413. The number of hydrogen-bond acceptors (Lipinski definition) is 3. The average Bonchev–Trinajstić information content (AvgIpc) is 3.19. The van der Waals surface area contributed by atoms with E-state index in [1.54, 1.807) is 15.9 Å². The van der Waals surface area contributed by atoms with E-state index in [2.05, 4.69) is 10.1 Å². The molecule has 0 saturated heterocycles. The Kier molecular flexibility index (Phi) is 3.40. The summed E-state index contributed by atoms with van der Waals surface area (Å²) < 4.78 is 1.72. The van der Waals surface area contributed by atoms with E-state index < -0.39 is 0 Å². The van der Waals surface area contributed by atoms with Gasteiger partial charge in [0.2, 0.25) is 0 Å². The van der Waals surface area contributed by atoms with Gasteiger partial charge in [-0.1, -0.05) is 42.1 Å². The molecule has 108 valence electrons. The number of rotatable bonds is 2. The van der Waals surface area contributed by atoms with Gasteiger partial charge in [-0.3, -0.25) is 0 Å². The third-order valence-corrected chi connectivity index (χ3v) is 5.61. The lowest BCUT2D eigenvalue weighted by atomic mass is 10.0. The zero-order chi connectivity index (χ0) is 14.4. The molecule has 0 aliphatic heterocycles. The van der Waals surface area contributed by atoms with Gasteiger partial charge in [0, 0.05) is 11.6 Å². The molecular formula is C15H13Cl2N3S. The van der Waals surface area contributed by atoms with E-state index in [0.717, 1.165) is 29.0 Å². The number of hydrogen-bond donors (Lipinski definition) is 0. The molecule has 1 saturated carbocycles. The highest BCUT2D eigenvalue weighted by Crippen LogP contribution is 2.41. The highest BCUT2D eigenvalue weighted by molar-refractivity contribution is 7.13. The van der Waals surface area contributed by atoms with Crippen LogP contribution < -0.4 is 0 Å². The van der Waals surface area contributed by atoms with Gasteiger partial charge in [-0.15, -0.1) is 11.3 Å². The number of halogens is 2. The van der Waals surface area contributed by atoms with E-state index in [4.69, 9.17) is 23.2 Å². The first-order valence-electron chi connectivity index (χ1n) is 7.02. The van der Waals surface area contributed by atoms with E-state index in [0.29, 0.717) is 21.9 Å². The SMILES string of the molecule is Clc1nc2cc(-c3cccs3)nn2c(Cl)c1C1CCCC1. The lowest BCUT2D eigenvalue weighted by Gasteiger charge is -2.13. The Labute approximate surface area is 136 Å². The third-order valence-electron chi connectivity index (χ3n) is 4.07. The second kappa shape index (κ2) is 5.27. The smallest absolute Gasteiger partial charge is 0.159 e. The minimum Gasteiger partial charge on any atom is -0.216 e. The Morgan fingerprint density at radius 2 is 2.05 bits per heavy atom. The van der Waals surface area contributed by atoms with Crippen LogP contribution in [0.1, 0.15) is 37.2 Å². The first-order chi connectivity index (χ1) is 10.2. The molecule has 3 aromatic rings. The molecule has 3 aromatic heterocycles. The zero-order valence-electron chi connectivity index (χ0n) is 11.2. The Morgan fingerprint density at radius 1 is 1.24 bits per heavy atom. The predicted octanol–water partition coefficient (Wildman–Crippen LogP) is 5.42. The number of nitrogens with zero attached hydrogens (tertiary/aromatic N) is 3. The van der Waals surface area contributed by atoms with Crippen molar-refractivity contribution in [2.75, 3.05) is 0 Å². The van der Waals surface area contributed by atoms with Crippen LogP contribution in [-0.4, -0.2) is 14.6 Å². The molecule has 0 radical (unpaired) electrons. The molecule has 1 aliphatic rings.